The summed E-state index contributed by atoms with van der Waals surface area (Å²) in [5.74, 6) is 1.83. The van der Waals surface area contributed by atoms with Crippen molar-refractivity contribution < 1.29 is 9.53 Å². The van der Waals surface area contributed by atoms with E-state index in [4.69, 9.17) is 4.74 Å². The topological polar surface area (TPSA) is 26.3 Å². The van der Waals surface area contributed by atoms with E-state index in [2.05, 4.69) is 45.0 Å². The second-order valence-corrected chi connectivity index (χ2v) is 8.61. The summed E-state index contributed by atoms with van der Waals surface area (Å²) in [6, 6.07) is 8.77. The van der Waals surface area contributed by atoms with E-state index in [-0.39, 0.29) is 23.9 Å². The van der Waals surface area contributed by atoms with Gasteiger partial charge in [-0.15, -0.1) is 0 Å². The summed E-state index contributed by atoms with van der Waals surface area (Å²) in [4.78, 5) is 12.7. The number of carbonyl (C=O) groups excluding carboxylic acids is 1. The molecule has 2 aliphatic rings. The fourth-order valence-corrected chi connectivity index (χ4v) is 5.09. The first kappa shape index (κ1) is 19.5. The third kappa shape index (κ3) is 4.50. The minimum absolute atomic E-state index is 0.0233. The summed E-state index contributed by atoms with van der Waals surface area (Å²) in [5.41, 5.74) is 2.62. The number of rotatable bonds is 6. The molecule has 1 saturated heterocycles. The molecule has 1 aliphatic carbocycles. The Balaban J connectivity index is 1.54. The van der Waals surface area contributed by atoms with Crippen LogP contribution in [0.15, 0.2) is 24.3 Å². The van der Waals surface area contributed by atoms with Crippen LogP contribution in [0.3, 0.4) is 0 Å². The fraction of sp³-hybridized carbons (Fsp3) is 0.708. The van der Waals surface area contributed by atoms with Crippen LogP contribution in [-0.4, -0.2) is 12.1 Å². The van der Waals surface area contributed by atoms with Crippen molar-refractivity contribution in [3.63, 3.8) is 0 Å². The fourth-order valence-electron chi connectivity index (χ4n) is 5.09. The number of esters is 1. The van der Waals surface area contributed by atoms with Gasteiger partial charge in [0.25, 0.3) is 0 Å². The molecule has 0 aromatic heterocycles. The zero-order valence-corrected chi connectivity index (χ0v) is 16.9. The molecular weight excluding hydrogens is 320 g/mol. The maximum absolute atomic E-state index is 12.7. The largest absolute Gasteiger partial charge is 0.462 e. The predicted molar refractivity (Wildman–Crippen MR) is 107 cm³/mol. The number of hydrogen-bond acceptors (Lipinski definition) is 2. The Hall–Kier alpha value is -1.31. The lowest BCUT2D eigenvalue weighted by Gasteiger charge is -2.38. The van der Waals surface area contributed by atoms with Crippen molar-refractivity contribution >= 4 is 5.97 Å². The van der Waals surface area contributed by atoms with E-state index in [1.54, 1.807) is 0 Å². The Kier molecular flexibility index (Phi) is 6.78. The maximum atomic E-state index is 12.7. The summed E-state index contributed by atoms with van der Waals surface area (Å²) in [5, 5.41) is 0. The van der Waals surface area contributed by atoms with Gasteiger partial charge in [-0.2, -0.15) is 0 Å². The van der Waals surface area contributed by atoms with Gasteiger partial charge in [0, 0.05) is 0 Å². The lowest BCUT2D eigenvalue weighted by molar-refractivity contribution is -0.166. The molecule has 144 valence electrons. The first-order chi connectivity index (χ1) is 12.6. The summed E-state index contributed by atoms with van der Waals surface area (Å²) in [6.07, 6.45) is 11.1. The molecule has 2 fully saturated rings. The van der Waals surface area contributed by atoms with Gasteiger partial charge in [0.1, 0.15) is 6.10 Å². The molecule has 0 N–H and O–H groups in total. The zero-order chi connectivity index (χ0) is 18.5. The summed E-state index contributed by atoms with van der Waals surface area (Å²) in [7, 11) is 0. The molecule has 2 nitrogen and oxygen atoms in total. The van der Waals surface area contributed by atoms with E-state index in [0.29, 0.717) is 5.92 Å². The van der Waals surface area contributed by atoms with Gasteiger partial charge in [0.2, 0.25) is 0 Å². The Bertz CT molecular complexity index is 568. The Labute approximate surface area is 159 Å². The second-order valence-electron chi connectivity index (χ2n) is 8.61. The quantitative estimate of drug-likeness (QED) is 0.561. The second kappa shape index (κ2) is 9.06. The highest BCUT2D eigenvalue weighted by Gasteiger charge is 2.38. The van der Waals surface area contributed by atoms with E-state index in [1.165, 1.54) is 49.7 Å². The molecule has 0 bridgehead atoms. The number of aryl methyl sites for hydroxylation is 1. The van der Waals surface area contributed by atoms with Gasteiger partial charge in [0.15, 0.2) is 0 Å². The van der Waals surface area contributed by atoms with Crippen LogP contribution in [0, 0.1) is 17.8 Å². The minimum Gasteiger partial charge on any atom is -0.462 e. The highest BCUT2D eigenvalue weighted by atomic mass is 16.5. The van der Waals surface area contributed by atoms with Crippen molar-refractivity contribution in [3.8, 4) is 0 Å². The SMILES string of the molecule is CCCC1CCC(C2CCC(C(C)c3ccc(CC)cc3)C(=O)O2)CC1. The van der Waals surface area contributed by atoms with Crippen LogP contribution >= 0.6 is 0 Å². The normalized spacial score (nSPS) is 30.7. The van der Waals surface area contributed by atoms with Crippen molar-refractivity contribution in [1.29, 1.82) is 0 Å². The number of ether oxygens (including phenoxy) is 1. The smallest absolute Gasteiger partial charge is 0.309 e. The lowest BCUT2D eigenvalue weighted by Crippen LogP contribution is -2.38. The van der Waals surface area contributed by atoms with Crippen LogP contribution in [0.1, 0.15) is 89.2 Å². The number of carbonyl (C=O) groups is 1. The van der Waals surface area contributed by atoms with Crippen LogP contribution in [0.5, 0.6) is 0 Å². The monoisotopic (exact) mass is 356 g/mol. The van der Waals surface area contributed by atoms with Crippen molar-refractivity contribution in [1.82, 2.24) is 0 Å². The van der Waals surface area contributed by atoms with Gasteiger partial charge in [-0.25, -0.2) is 0 Å². The molecule has 3 atom stereocenters. The zero-order valence-electron chi connectivity index (χ0n) is 16.9. The predicted octanol–water partition coefficient (Wildman–Crippen LogP) is 6.28. The molecule has 1 aliphatic heterocycles. The Morgan fingerprint density at radius 1 is 1.00 bits per heavy atom. The third-order valence-electron chi connectivity index (χ3n) is 6.96. The van der Waals surface area contributed by atoms with E-state index < -0.39 is 0 Å². The van der Waals surface area contributed by atoms with Crippen molar-refractivity contribution in [2.24, 2.45) is 17.8 Å². The molecule has 0 radical (unpaired) electrons. The van der Waals surface area contributed by atoms with Gasteiger partial charge in [-0.1, -0.05) is 70.7 Å². The molecular formula is C24H36O2. The highest BCUT2D eigenvalue weighted by Crippen LogP contribution is 2.40. The van der Waals surface area contributed by atoms with E-state index in [0.717, 1.165) is 25.2 Å². The van der Waals surface area contributed by atoms with E-state index >= 15 is 0 Å². The number of hydrogen-bond donors (Lipinski definition) is 0. The summed E-state index contributed by atoms with van der Waals surface area (Å²) < 4.78 is 5.98. The van der Waals surface area contributed by atoms with Gasteiger partial charge < -0.3 is 4.74 Å². The number of cyclic esters (lactones) is 1. The average Bonchev–Trinajstić information content (AvgIpc) is 2.68. The summed E-state index contributed by atoms with van der Waals surface area (Å²) >= 11 is 0. The van der Waals surface area contributed by atoms with Crippen molar-refractivity contribution in [2.75, 3.05) is 0 Å². The Morgan fingerprint density at radius 2 is 1.69 bits per heavy atom. The van der Waals surface area contributed by atoms with Crippen LogP contribution in [0.25, 0.3) is 0 Å². The number of benzene rings is 1. The van der Waals surface area contributed by atoms with Crippen molar-refractivity contribution in [3.05, 3.63) is 35.4 Å². The van der Waals surface area contributed by atoms with Gasteiger partial charge in [-0.3, -0.25) is 4.79 Å². The Morgan fingerprint density at radius 3 is 2.27 bits per heavy atom. The third-order valence-corrected chi connectivity index (χ3v) is 6.96. The standard InChI is InChI=1S/C24H36O2/c1-4-6-19-9-13-21(14-10-19)23-16-15-22(24(25)26-23)17(3)20-11-7-18(5-2)8-12-20/h7-8,11-12,17,19,21-23H,4-6,9-10,13-16H2,1-3H3. The minimum atomic E-state index is 0.0233. The molecule has 1 heterocycles. The molecule has 0 spiro atoms. The van der Waals surface area contributed by atoms with Crippen LogP contribution in [0.2, 0.25) is 0 Å². The van der Waals surface area contributed by atoms with Crippen LogP contribution in [0.4, 0.5) is 0 Å². The first-order valence-electron chi connectivity index (χ1n) is 10.9. The molecule has 1 saturated carbocycles. The molecule has 1 aromatic carbocycles. The molecule has 26 heavy (non-hydrogen) atoms. The van der Waals surface area contributed by atoms with Gasteiger partial charge in [-0.05, 0) is 61.0 Å². The molecule has 2 heteroatoms. The lowest BCUT2D eigenvalue weighted by atomic mass is 9.74. The van der Waals surface area contributed by atoms with Crippen molar-refractivity contribution in [2.45, 2.75) is 90.6 Å². The van der Waals surface area contributed by atoms with Gasteiger partial charge in [0.05, 0.1) is 5.92 Å². The molecule has 0 amide bonds. The molecule has 3 rings (SSSR count). The summed E-state index contributed by atoms with van der Waals surface area (Å²) in [6.45, 7) is 6.64. The average molecular weight is 357 g/mol. The van der Waals surface area contributed by atoms with Gasteiger partial charge >= 0.3 is 5.97 Å². The highest BCUT2D eigenvalue weighted by molar-refractivity contribution is 5.74. The molecule has 1 aromatic rings. The van der Waals surface area contributed by atoms with Crippen LogP contribution in [-0.2, 0) is 16.0 Å². The van der Waals surface area contributed by atoms with Crippen LogP contribution < -0.4 is 0 Å². The first-order valence-corrected chi connectivity index (χ1v) is 10.9. The van der Waals surface area contributed by atoms with E-state index in [1.807, 2.05) is 0 Å². The molecule has 3 unspecified atom stereocenters. The van der Waals surface area contributed by atoms with E-state index in [9.17, 15) is 4.79 Å². The maximum Gasteiger partial charge on any atom is 0.309 e.